The molecule has 2 amide bonds. The van der Waals surface area contributed by atoms with Gasteiger partial charge in [-0.25, -0.2) is 0 Å². The van der Waals surface area contributed by atoms with E-state index < -0.39 is 0 Å². The lowest BCUT2D eigenvalue weighted by Crippen LogP contribution is -2.31. The van der Waals surface area contributed by atoms with Crippen molar-refractivity contribution < 1.29 is 9.59 Å². The predicted molar refractivity (Wildman–Crippen MR) is 109 cm³/mol. The number of anilines is 2. The summed E-state index contributed by atoms with van der Waals surface area (Å²) in [4.78, 5) is 26.8. The smallest absolute Gasteiger partial charge is 0.253 e. The van der Waals surface area contributed by atoms with Crippen molar-refractivity contribution in [2.45, 2.75) is 25.7 Å². The maximum Gasteiger partial charge on any atom is 0.253 e. The molecule has 142 valence electrons. The van der Waals surface area contributed by atoms with Crippen molar-refractivity contribution in [2.75, 3.05) is 30.3 Å². The Balaban J connectivity index is 1.57. The number of nitrogens with one attached hydrogen (secondary N) is 2. The summed E-state index contributed by atoms with van der Waals surface area (Å²) in [7, 11) is 0. The van der Waals surface area contributed by atoms with E-state index in [9.17, 15) is 9.59 Å². The van der Waals surface area contributed by atoms with Crippen LogP contribution in [-0.4, -0.2) is 36.3 Å². The highest BCUT2D eigenvalue weighted by Gasteiger charge is 2.17. The minimum Gasteiger partial charge on any atom is -0.376 e. The summed E-state index contributed by atoms with van der Waals surface area (Å²) in [6, 6.07) is 14.3. The van der Waals surface area contributed by atoms with E-state index >= 15 is 0 Å². The van der Waals surface area contributed by atoms with Gasteiger partial charge in [-0.15, -0.1) is 0 Å². The van der Waals surface area contributed by atoms with E-state index in [2.05, 4.69) is 10.6 Å². The topological polar surface area (TPSA) is 61.4 Å². The number of benzene rings is 2. The summed E-state index contributed by atoms with van der Waals surface area (Å²) in [6.45, 7) is 1.74. The molecular weight excluding hydrogens is 362 g/mol. The maximum absolute atomic E-state index is 12.7. The van der Waals surface area contributed by atoms with E-state index in [1.165, 1.54) is 12.8 Å². The molecule has 0 aromatic heterocycles. The Hall–Kier alpha value is -2.53. The van der Waals surface area contributed by atoms with Crippen molar-refractivity contribution in [3.63, 3.8) is 0 Å². The van der Waals surface area contributed by atoms with Gasteiger partial charge in [0.25, 0.3) is 5.91 Å². The Morgan fingerprint density at radius 3 is 2.37 bits per heavy atom. The molecule has 1 fully saturated rings. The van der Waals surface area contributed by atoms with Crippen LogP contribution in [-0.2, 0) is 4.79 Å². The van der Waals surface area contributed by atoms with Gasteiger partial charge in [0.15, 0.2) is 0 Å². The monoisotopic (exact) mass is 385 g/mol. The summed E-state index contributed by atoms with van der Waals surface area (Å²) in [5.41, 5.74) is 2.05. The summed E-state index contributed by atoms with van der Waals surface area (Å²) >= 11 is 5.92. The second-order valence-electron chi connectivity index (χ2n) is 6.70. The molecule has 0 unspecified atom stereocenters. The lowest BCUT2D eigenvalue weighted by molar-refractivity contribution is -0.114. The second kappa shape index (κ2) is 9.42. The number of nitrogens with zero attached hydrogens (tertiary/aromatic N) is 1. The van der Waals surface area contributed by atoms with Gasteiger partial charge in [0, 0.05) is 35.1 Å². The van der Waals surface area contributed by atoms with E-state index in [-0.39, 0.29) is 18.4 Å². The minimum absolute atomic E-state index is 0.0592. The molecule has 1 saturated heterocycles. The SMILES string of the molecule is O=C(CNc1cccc(C(=O)N2CCCCCC2)c1)Nc1cccc(Cl)c1. The summed E-state index contributed by atoms with van der Waals surface area (Å²) in [5, 5.41) is 6.43. The molecule has 0 radical (unpaired) electrons. The Morgan fingerprint density at radius 1 is 0.926 bits per heavy atom. The van der Waals surface area contributed by atoms with Crippen molar-refractivity contribution in [3.05, 3.63) is 59.1 Å². The molecule has 0 spiro atoms. The molecule has 27 heavy (non-hydrogen) atoms. The van der Waals surface area contributed by atoms with Crippen LogP contribution < -0.4 is 10.6 Å². The molecule has 0 bridgehead atoms. The van der Waals surface area contributed by atoms with E-state index in [1.807, 2.05) is 23.1 Å². The van der Waals surface area contributed by atoms with Crippen molar-refractivity contribution in [3.8, 4) is 0 Å². The third-order valence-electron chi connectivity index (χ3n) is 4.56. The fourth-order valence-corrected chi connectivity index (χ4v) is 3.36. The van der Waals surface area contributed by atoms with Crippen LogP contribution in [0.1, 0.15) is 36.0 Å². The Bertz CT molecular complexity index is 802. The Kier molecular flexibility index (Phi) is 6.71. The molecule has 1 heterocycles. The molecular formula is C21H24ClN3O2. The number of carbonyl (C=O) groups excluding carboxylic acids is 2. The van der Waals surface area contributed by atoms with E-state index in [4.69, 9.17) is 11.6 Å². The first-order valence-electron chi connectivity index (χ1n) is 9.30. The van der Waals surface area contributed by atoms with E-state index in [0.29, 0.717) is 16.3 Å². The third-order valence-corrected chi connectivity index (χ3v) is 4.80. The fraction of sp³-hybridized carbons (Fsp3) is 0.333. The number of rotatable bonds is 5. The molecule has 2 N–H and O–H groups in total. The van der Waals surface area contributed by atoms with Crippen molar-refractivity contribution in [2.24, 2.45) is 0 Å². The summed E-state index contributed by atoms with van der Waals surface area (Å²) in [5.74, 6) is -0.120. The fourth-order valence-electron chi connectivity index (χ4n) is 3.17. The molecule has 3 rings (SSSR count). The molecule has 6 heteroatoms. The van der Waals surface area contributed by atoms with Crippen molar-refractivity contribution in [1.82, 2.24) is 4.90 Å². The molecule has 1 aliphatic heterocycles. The van der Waals surface area contributed by atoms with Gasteiger partial charge in [-0.3, -0.25) is 9.59 Å². The largest absolute Gasteiger partial charge is 0.376 e. The minimum atomic E-state index is -0.179. The highest BCUT2D eigenvalue weighted by molar-refractivity contribution is 6.30. The summed E-state index contributed by atoms with van der Waals surface area (Å²) in [6.07, 6.45) is 4.50. The van der Waals surface area contributed by atoms with Crippen LogP contribution >= 0.6 is 11.6 Å². The van der Waals surface area contributed by atoms with Crippen LogP contribution in [0.2, 0.25) is 5.02 Å². The van der Waals surface area contributed by atoms with Crippen LogP contribution in [0.15, 0.2) is 48.5 Å². The Morgan fingerprint density at radius 2 is 1.63 bits per heavy atom. The highest BCUT2D eigenvalue weighted by Crippen LogP contribution is 2.17. The molecule has 2 aromatic carbocycles. The number of halogens is 1. The maximum atomic E-state index is 12.7. The van der Waals surface area contributed by atoms with Gasteiger partial charge in [-0.2, -0.15) is 0 Å². The first kappa shape index (κ1) is 19.2. The standard InChI is InChI=1S/C21H24ClN3O2/c22-17-8-6-10-19(14-17)24-20(26)15-23-18-9-5-7-16(13-18)21(27)25-11-3-1-2-4-12-25/h5-10,13-14,23H,1-4,11-12,15H2,(H,24,26). The van der Waals surface area contributed by atoms with Gasteiger partial charge in [-0.05, 0) is 49.2 Å². The number of amides is 2. The zero-order valence-electron chi connectivity index (χ0n) is 15.2. The number of carbonyl (C=O) groups is 2. The number of likely N-dealkylation sites (tertiary alicyclic amines) is 1. The number of hydrogen-bond donors (Lipinski definition) is 2. The van der Waals surface area contributed by atoms with Crippen LogP contribution in [0.3, 0.4) is 0 Å². The molecule has 1 aliphatic rings. The van der Waals surface area contributed by atoms with E-state index in [1.54, 1.807) is 30.3 Å². The van der Waals surface area contributed by atoms with Gasteiger partial charge in [0.2, 0.25) is 5.91 Å². The lowest BCUT2D eigenvalue weighted by Gasteiger charge is -2.20. The highest BCUT2D eigenvalue weighted by atomic mass is 35.5. The Labute approximate surface area is 164 Å². The van der Waals surface area contributed by atoms with Gasteiger partial charge < -0.3 is 15.5 Å². The van der Waals surface area contributed by atoms with Crippen LogP contribution in [0, 0.1) is 0 Å². The molecule has 0 atom stereocenters. The zero-order valence-corrected chi connectivity index (χ0v) is 16.0. The molecule has 0 saturated carbocycles. The van der Waals surface area contributed by atoms with Gasteiger partial charge in [0.05, 0.1) is 6.54 Å². The average Bonchev–Trinajstić information content (AvgIpc) is 2.95. The van der Waals surface area contributed by atoms with Gasteiger partial charge in [0.1, 0.15) is 0 Å². The van der Waals surface area contributed by atoms with Crippen LogP contribution in [0.4, 0.5) is 11.4 Å². The predicted octanol–water partition coefficient (Wildman–Crippen LogP) is 4.41. The summed E-state index contributed by atoms with van der Waals surface area (Å²) < 4.78 is 0. The first-order chi connectivity index (χ1) is 13.1. The van der Waals surface area contributed by atoms with Gasteiger partial charge in [-0.1, -0.05) is 36.6 Å². The molecule has 2 aromatic rings. The normalized spacial score (nSPS) is 14.3. The zero-order chi connectivity index (χ0) is 19.1. The van der Waals surface area contributed by atoms with Crippen LogP contribution in [0.5, 0.6) is 0 Å². The lowest BCUT2D eigenvalue weighted by atomic mass is 10.1. The third kappa shape index (κ3) is 5.73. The van der Waals surface area contributed by atoms with Crippen molar-refractivity contribution in [1.29, 1.82) is 0 Å². The second-order valence-corrected chi connectivity index (χ2v) is 7.14. The van der Waals surface area contributed by atoms with Crippen LogP contribution in [0.25, 0.3) is 0 Å². The van der Waals surface area contributed by atoms with Gasteiger partial charge >= 0.3 is 0 Å². The molecule has 0 aliphatic carbocycles. The average molecular weight is 386 g/mol. The quantitative estimate of drug-likeness (QED) is 0.801. The number of hydrogen-bond acceptors (Lipinski definition) is 3. The van der Waals surface area contributed by atoms with E-state index in [0.717, 1.165) is 31.6 Å². The first-order valence-corrected chi connectivity index (χ1v) is 9.68. The van der Waals surface area contributed by atoms with Crippen molar-refractivity contribution >= 4 is 34.8 Å². The molecule has 5 nitrogen and oxygen atoms in total.